The fourth-order valence-electron chi connectivity index (χ4n) is 1.37. The van der Waals surface area contributed by atoms with Crippen molar-refractivity contribution in [2.24, 2.45) is 0 Å². The van der Waals surface area contributed by atoms with Gasteiger partial charge in [-0.15, -0.1) is 0 Å². The molecular weight excluding hydrogens is 268 g/mol. The SMILES string of the molecule is C=C(C)CN(C)C(=O)c1ccc(Br)c(N)c1. The predicted octanol–water partition coefficient (Wildman–Crippen LogP) is 2.68. The first kappa shape index (κ1) is 12.8. The van der Waals surface area contributed by atoms with Crippen molar-refractivity contribution < 1.29 is 4.79 Å². The third-order valence-corrected chi connectivity index (χ3v) is 2.82. The second-order valence-electron chi connectivity index (χ2n) is 3.85. The first-order chi connectivity index (χ1) is 7.41. The minimum absolute atomic E-state index is 0.0535. The molecule has 1 rings (SSSR count). The van der Waals surface area contributed by atoms with E-state index < -0.39 is 0 Å². The number of carbonyl (C=O) groups is 1. The maximum Gasteiger partial charge on any atom is 0.253 e. The van der Waals surface area contributed by atoms with Gasteiger partial charge in [-0.2, -0.15) is 0 Å². The maximum absolute atomic E-state index is 12.0. The van der Waals surface area contributed by atoms with E-state index in [1.807, 2.05) is 6.92 Å². The molecule has 1 amide bonds. The molecule has 0 fully saturated rings. The second-order valence-corrected chi connectivity index (χ2v) is 4.71. The van der Waals surface area contributed by atoms with Crippen molar-refractivity contribution in [2.45, 2.75) is 6.92 Å². The highest BCUT2D eigenvalue weighted by Gasteiger charge is 2.12. The lowest BCUT2D eigenvalue weighted by molar-refractivity contribution is 0.0807. The summed E-state index contributed by atoms with van der Waals surface area (Å²) in [5.41, 5.74) is 7.82. The first-order valence-electron chi connectivity index (χ1n) is 4.86. The Morgan fingerprint density at radius 2 is 2.19 bits per heavy atom. The van der Waals surface area contributed by atoms with Gasteiger partial charge in [0.1, 0.15) is 0 Å². The molecule has 2 N–H and O–H groups in total. The molecule has 0 aliphatic rings. The fraction of sp³-hybridized carbons (Fsp3) is 0.250. The largest absolute Gasteiger partial charge is 0.398 e. The van der Waals surface area contributed by atoms with Gasteiger partial charge in [-0.3, -0.25) is 4.79 Å². The van der Waals surface area contributed by atoms with Crippen LogP contribution in [0.5, 0.6) is 0 Å². The third kappa shape index (κ3) is 3.10. The lowest BCUT2D eigenvalue weighted by Gasteiger charge is -2.17. The van der Waals surface area contributed by atoms with Crippen molar-refractivity contribution in [1.82, 2.24) is 4.90 Å². The number of carbonyl (C=O) groups excluding carboxylic acids is 1. The van der Waals surface area contributed by atoms with Crippen LogP contribution in [0.25, 0.3) is 0 Å². The average molecular weight is 283 g/mol. The fourth-order valence-corrected chi connectivity index (χ4v) is 1.62. The average Bonchev–Trinajstić information content (AvgIpc) is 2.20. The van der Waals surface area contributed by atoms with Crippen molar-refractivity contribution in [3.63, 3.8) is 0 Å². The summed E-state index contributed by atoms with van der Waals surface area (Å²) in [6, 6.07) is 5.19. The van der Waals surface area contributed by atoms with E-state index in [1.54, 1.807) is 30.1 Å². The molecule has 1 aromatic carbocycles. The molecule has 16 heavy (non-hydrogen) atoms. The molecule has 0 saturated carbocycles. The minimum atomic E-state index is -0.0535. The number of benzene rings is 1. The van der Waals surface area contributed by atoms with E-state index >= 15 is 0 Å². The number of hydrogen-bond donors (Lipinski definition) is 1. The Balaban J connectivity index is 2.88. The molecule has 0 aromatic heterocycles. The zero-order valence-electron chi connectivity index (χ0n) is 9.46. The van der Waals surface area contributed by atoms with Gasteiger partial charge < -0.3 is 10.6 Å². The van der Waals surface area contributed by atoms with Gasteiger partial charge in [-0.25, -0.2) is 0 Å². The Bertz CT molecular complexity index is 429. The Morgan fingerprint density at radius 1 is 1.56 bits per heavy atom. The van der Waals surface area contributed by atoms with Crippen LogP contribution in [0, 0.1) is 0 Å². The van der Waals surface area contributed by atoms with E-state index in [4.69, 9.17) is 5.73 Å². The Morgan fingerprint density at radius 3 is 2.69 bits per heavy atom. The van der Waals surface area contributed by atoms with E-state index in [-0.39, 0.29) is 5.91 Å². The zero-order chi connectivity index (χ0) is 12.3. The highest BCUT2D eigenvalue weighted by molar-refractivity contribution is 9.10. The van der Waals surface area contributed by atoms with Crippen molar-refractivity contribution >= 4 is 27.5 Å². The van der Waals surface area contributed by atoms with Crippen LogP contribution in [0.2, 0.25) is 0 Å². The smallest absolute Gasteiger partial charge is 0.253 e. The number of halogens is 1. The third-order valence-electron chi connectivity index (χ3n) is 2.10. The summed E-state index contributed by atoms with van der Waals surface area (Å²) in [7, 11) is 1.75. The summed E-state index contributed by atoms with van der Waals surface area (Å²) >= 11 is 3.29. The summed E-state index contributed by atoms with van der Waals surface area (Å²) in [6.07, 6.45) is 0. The zero-order valence-corrected chi connectivity index (χ0v) is 11.0. The van der Waals surface area contributed by atoms with Crippen molar-refractivity contribution in [2.75, 3.05) is 19.3 Å². The molecule has 0 bridgehead atoms. The molecule has 0 atom stereocenters. The van der Waals surface area contributed by atoms with Crippen LogP contribution >= 0.6 is 15.9 Å². The predicted molar refractivity (Wildman–Crippen MR) is 70.3 cm³/mol. The van der Waals surface area contributed by atoms with E-state index in [0.717, 1.165) is 10.0 Å². The first-order valence-corrected chi connectivity index (χ1v) is 5.66. The number of hydrogen-bond acceptors (Lipinski definition) is 2. The van der Waals surface area contributed by atoms with E-state index in [1.165, 1.54) is 0 Å². The Labute approximate surface area is 104 Å². The van der Waals surface area contributed by atoms with Crippen LogP contribution in [0.15, 0.2) is 34.8 Å². The molecule has 86 valence electrons. The van der Waals surface area contributed by atoms with Gasteiger partial charge in [0, 0.05) is 29.3 Å². The molecule has 0 heterocycles. The molecular formula is C12H15BrN2O. The number of nitrogens with two attached hydrogens (primary N) is 1. The lowest BCUT2D eigenvalue weighted by Crippen LogP contribution is -2.28. The minimum Gasteiger partial charge on any atom is -0.398 e. The van der Waals surface area contributed by atoms with Crippen LogP contribution in [-0.2, 0) is 0 Å². The standard InChI is InChI=1S/C12H15BrN2O/c1-8(2)7-15(3)12(16)9-4-5-10(13)11(14)6-9/h4-6H,1,7,14H2,2-3H3. The van der Waals surface area contributed by atoms with Gasteiger partial charge in [0.05, 0.1) is 0 Å². The van der Waals surface area contributed by atoms with Crippen LogP contribution in [0.4, 0.5) is 5.69 Å². The van der Waals surface area contributed by atoms with Crippen molar-refractivity contribution in [3.8, 4) is 0 Å². The van der Waals surface area contributed by atoms with Crippen LogP contribution in [0.3, 0.4) is 0 Å². The molecule has 0 aliphatic heterocycles. The highest BCUT2D eigenvalue weighted by Crippen LogP contribution is 2.20. The summed E-state index contributed by atoms with van der Waals surface area (Å²) in [5.74, 6) is -0.0535. The topological polar surface area (TPSA) is 46.3 Å². The summed E-state index contributed by atoms with van der Waals surface area (Å²) in [6.45, 7) is 6.22. The summed E-state index contributed by atoms with van der Waals surface area (Å²) < 4.78 is 0.798. The van der Waals surface area contributed by atoms with Gasteiger partial charge in [0.2, 0.25) is 0 Å². The normalized spacial score (nSPS) is 9.94. The van der Waals surface area contributed by atoms with Crippen molar-refractivity contribution in [1.29, 1.82) is 0 Å². The molecule has 0 unspecified atom stereocenters. The summed E-state index contributed by atoms with van der Waals surface area (Å²) in [5, 5.41) is 0. The monoisotopic (exact) mass is 282 g/mol. The van der Waals surface area contributed by atoms with Crippen LogP contribution in [-0.4, -0.2) is 24.4 Å². The number of anilines is 1. The number of rotatable bonds is 3. The second kappa shape index (κ2) is 5.16. The van der Waals surface area contributed by atoms with Crippen LogP contribution < -0.4 is 5.73 Å². The number of nitrogen functional groups attached to an aromatic ring is 1. The number of likely N-dealkylation sites (N-methyl/N-ethyl adjacent to an activating group) is 1. The van der Waals surface area contributed by atoms with Crippen LogP contribution in [0.1, 0.15) is 17.3 Å². The maximum atomic E-state index is 12.0. The summed E-state index contributed by atoms with van der Waals surface area (Å²) in [4.78, 5) is 13.6. The van der Waals surface area contributed by atoms with E-state index in [9.17, 15) is 4.79 Å². The molecule has 0 radical (unpaired) electrons. The van der Waals surface area contributed by atoms with Gasteiger partial charge >= 0.3 is 0 Å². The molecule has 4 heteroatoms. The Hall–Kier alpha value is -1.29. The molecule has 3 nitrogen and oxygen atoms in total. The highest BCUT2D eigenvalue weighted by atomic mass is 79.9. The molecule has 0 aliphatic carbocycles. The van der Waals surface area contributed by atoms with Gasteiger partial charge in [-0.05, 0) is 41.1 Å². The Kier molecular flexibility index (Phi) is 4.12. The van der Waals surface area contributed by atoms with E-state index in [0.29, 0.717) is 17.8 Å². The van der Waals surface area contributed by atoms with Gasteiger partial charge in [0.15, 0.2) is 0 Å². The quantitative estimate of drug-likeness (QED) is 0.684. The lowest BCUT2D eigenvalue weighted by atomic mass is 10.1. The van der Waals surface area contributed by atoms with Gasteiger partial charge in [-0.1, -0.05) is 12.2 Å². The number of amides is 1. The van der Waals surface area contributed by atoms with E-state index in [2.05, 4.69) is 22.5 Å². The molecule has 0 spiro atoms. The number of nitrogens with zero attached hydrogens (tertiary/aromatic N) is 1. The molecule has 0 saturated heterocycles. The molecule has 1 aromatic rings. The van der Waals surface area contributed by atoms with Gasteiger partial charge in [0.25, 0.3) is 5.91 Å². The van der Waals surface area contributed by atoms with Crippen molar-refractivity contribution in [3.05, 3.63) is 40.4 Å².